The van der Waals surface area contributed by atoms with Crippen molar-refractivity contribution in [2.45, 2.75) is 39.7 Å². The SMILES string of the molecule is CCN(C(=O)c1ncc(C)cc1-c1ccn(C)n1)[C@@H](C)COc1ccc(C(C)(F)F)cn1. The Hall–Kier alpha value is -3.36. The number of nitrogens with zero attached hydrogens (tertiary/aromatic N) is 5. The van der Waals surface area contributed by atoms with E-state index in [1.807, 2.05) is 46.1 Å². The van der Waals surface area contributed by atoms with Crippen molar-refractivity contribution < 1.29 is 18.3 Å². The van der Waals surface area contributed by atoms with Crippen LogP contribution in [0.2, 0.25) is 0 Å². The first kappa shape index (κ1) is 23.3. The van der Waals surface area contributed by atoms with Gasteiger partial charge in [0.2, 0.25) is 5.88 Å². The first-order valence-electron chi connectivity index (χ1n) is 10.3. The first-order valence-corrected chi connectivity index (χ1v) is 10.3. The maximum atomic E-state index is 13.4. The van der Waals surface area contributed by atoms with Gasteiger partial charge in [0.25, 0.3) is 11.8 Å². The molecule has 1 atom stereocenters. The van der Waals surface area contributed by atoms with Crippen molar-refractivity contribution in [1.82, 2.24) is 24.6 Å². The molecular weight excluding hydrogens is 416 g/mol. The van der Waals surface area contributed by atoms with Crippen molar-refractivity contribution >= 4 is 5.91 Å². The van der Waals surface area contributed by atoms with Crippen LogP contribution in [0.25, 0.3) is 11.3 Å². The third kappa shape index (κ3) is 5.27. The fraction of sp³-hybridized carbons (Fsp3) is 0.391. The van der Waals surface area contributed by atoms with Gasteiger partial charge in [-0.25, -0.2) is 13.8 Å². The minimum absolute atomic E-state index is 0.152. The van der Waals surface area contributed by atoms with E-state index < -0.39 is 5.92 Å². The second-order valence-electron chi connectivity index (χ2n) is 7.81. The number of aromatic nitrogens is 4. The molecule has 0 N–H and O–H groups in total. The van der Waals surface area contributed by atoms with Gasteiger partial charge in [0.1, 0.15) is 12.3 Å². The summed E-state index contributed by atoms with van der Waals surface area (Å²) >= 11 is 0. The molecular formula is C23H27F2N5O2. The zero-order valence-electron chi connectivity index (χ0n) is 18.8. The molecule has 0 aliphatic carbocycles. The smallest absolute Gasteiger partial charge is 0.273 e. The lowest BCUT2D eigenvalue weighted by Gasteiger charge is -2.28. The summed E-state index contributed by atoms with van der Waals surface area (Å²) in [4.78, 5) is 23.4. The monoisotopic (exact) mass is 443 g/mol. The van der Waals surface area contributed by atoms with Crippen LogP contribution in [0.3, 0.4) is 0 Å². The normalized spacial score (nSPS) is 12.5. The van der Waals surface area contributed by atoms with Gasteiger partial charge < -0.3 is 9.64 Å². The summed E-state index contributed by atoms with van der Waals surface area (Å²) in [5.41, 5.74) is 2.39. The lowest BCUT2D eigenvalue weighted by molar-refractivity contribution is 0.0169. The number of pyridine rings is 2. The second kappa shape index (κ2) is 9.42. The fourth-order valence-electron chi connectivity index (χ4n) is 3.31. The summed E-state index contributed by atoms with van der Waals surface area (Å²) in [6.45, 7) is 7.04. The van der Waals surface area contributed by atoms with Gasteiger partial charge >= 0.3 is 0 Å². The maximum absolute atomic E-state index is 13.4. The molecule has 3 aromatic rings. The van der Waals surface area contributed by atoms with Crippen molar-refractivity contribution in [3.63, 3.8) is 0 Å². The minimum atomic E-state index is -2.96. The summed E-state index contributed by atoms with van der Waals surface area (Å²) < 4.78 is 34.0. The van der Waals surface area contributed by atoms with Gasteiger partial charge in [-0.15, -0.1) is 0 Å². The second-order valence-corrected chi connectivity index (χ2v) is 7.81. The van der Waals surface area contributed by atoms with Crippen LogP contribution in [0.4, 0.5) is 8.78 Å². The van der Waals surface area contributed by atoms with Crippen LogP contribution in [0, 0.1) is 6.92 Å². The summed E-state index contributed by atoms with van der Waals surface area (Å²) in [5, 5.41) is 4.41. The van der Waals surface area contributed by atoms with E-state index in [1.165, 1.54) is 12.1 Å². The Bertz CT molecular complexity index is 1080. The molecule has 3 rings (SSSR count). The highest BCUT2D eigenvalue weighted by Crippen LogP contribution is 2.27. The molecule has 3 aromatic heterocycles. The summed E-state index contributed by atoms with van der Waals surface area (Å²) in [6, 6.07) is 6.11. The van der Waals surface area contributed by atoms with Crippen molar-refractivity contribution in [1.29, 1.82) is 0 Å². The topological polar surface area (TPSA) is 73.1 Å². The quantitative estimate of drug-likeness (QED) is 0.521. The predicted octanol–water partition coefficient (Wildman–Crippen LogP) is 4.23. The molecule has 0 bridgehead atoms. The molecule has 0 unspecified atom stereocenters. The zero-order valence-corrected chi connectivity index (χ0v) is 18.8. The van der Waals surface area contributed by atoms with Crippen LogP contribution >= 0.6 is 0 Å². The minimum Gasteiger partial charge on any atom is -0.475 e. The van der Waals surface area contributed by atoms with E-state index in [4.69, 9.17) is 4.74 Å². The molecule has 0 saturated heterocycles. The standard InChI is InChI=1S/C23H27F2N5O2/c1-6-30(16(3)14-32-20-8-7-17(13-26-20)23(4,24)25)22(31)21-18(11-15(2)12-27-21)19-9-10-29(5)28-19/h7-13,16H,6,14H2,1-5H3/t16-/m0/s1. The highest BCUT2D eigenvalue weighted by atomic mass is 19.3. The zero-order chi connectivity index (χ0) is 23.5. The number of aryl methyl sites for hydroxylation is 2. The molecule has 1 amide bonds. The van der Waals surface area contributed by atoms with Crippen LogP contribution in [0.5, 0.6) is 5.88 Å². The number of hydrogen-bond donors (Lipinski definition) is 0. The van der Waals surface area contributed by atoms with Gasteiger partial charge in [0.05, 0.1) is 11.7 Å². The number of carbonyl (C=O) groups is 1. The largest absolute Gasteiger partial charge is 0.475 e. The van der Waals surface area contributed by atoms with Gasteiger partial charge in [0.15, 0.2) is 0 Å². The molecule has 0 aliphatic heterocycles. The number of carbonyl (C=O) groups excluding carboxylic acids is 1. The molecule has 0 aromatic carbocycles. The third-order valence-corrected chi connectivity index (χ3v) is 5.07. The Balaban J connectivity index is 1.76. The van der Waals surface area contributed by atoms with Gasteiger partial charge in [-0.2, -0.15) is 5.10 Å². The van der Waals surface area contributed by atoms with E-state index >= 15 is 0 Å². The van der Waals surface area contributed by atoms with Gasteiger partial charge in [0, 0.05) is 56.3 Å². The first-order chi connectivity index (χ1) is 15.1. The molecule has 3 heterocycles. The Morgan fingerprint density at radius 1 is 1.25 bits per heavy atom. The van der Waals surface area contributed by atoms with Crippen LogP contribution in [-0.4, -0.2) is 49.7 Å². The van der Waals surface area contributed by atoms with Crippen molar-refractivity contribution in [2.24, 2.45) is 7.05 Å². The van der Waals surface area contributed by atoms with E-state index in [0.29, 0.717) is 23.5 Å². The predicted molar refractivity (Wildman–Crippen MR) is 117 cm³/mol. The van der Waals surface area contributed by atoms with Crippen LogP contribution in [0.1, 0.15) is 42.4 Å². The molecule has 32 heavy (non-hydrogen) atoms. The van der Waals surface area contributed by atoms with E-state index in [2.05, 4.69) is 15.1 Å². The molecule has 0 aliphatic rings. The van der Waals surface area contributed by atoms with Crippen molar-refractivity contribution in [3.05, 3.63) is 59.7 Å². The van der Waals surface area contributed by atoms with E-state index in [1.54, 1.807) is 15.8 Å². The number of halogens is 2. The molecule has 0 saturated carbocycles. The highest BCUT2D eigenvalue weighted by molar-refractivity contribution is 5.98. The van der Waals surface area contributed by atoms with E-state index in [0.717, 1.165) is 18.7 Å². The Morgan fingerprint density at radius 3 is 2.56 bits per heavy atom. The Kier molecular flexibility index (Phi) is 6.86. The van der Waals surface area contributed by atoms with Gasteiger partial charge in [-0.05, 0) is 44.5 Å². The lowest BCUT2D eigenvalue weighted by atomic mass is 10.1. The summed E-state index contributed by atoms with van der Waals surface area (Å²) in [5.74, 6) is -2.98. The summed E-state index contributed by atoms with van der Waals surface area (Å²) in [7, 11) is 1.81. The maximum Gasteiger partial charge on any atom is 0.273 e. The molecule has 0 radical (unpaired) electrons. The van der Waals surface area contributed by atoms with E-state index in [-0.39, 0.29) is 30.0 Å². The van der Waals surface area contributed by atoms with Gasteiger partial charge in [-0.3, -0.25) is 14.5 Å². The van der Waals surface area contributed by atoms with Crippen molar-refractivity contribution in [2.75, 3.05) is 13.2 Å². The summed E-state index contributed by atoms with van der Waals surface area (Å²) in [6.07, 6.45) is 4.56. The van der Waals surface area contributed by atoms with Crippen LogP contribution in [-0.2, 0) is 13.0 Å². The molecule has 170 valence electrons. The van der Waals surface area contributed by atoms with Gasteiger partial charge in [-0.1, -0.05) is 0 Å². The highest BCUT2D eigenvalue weighted by Gasteiger charge is 2.26. The van der Waals surface area contributed by atoms with Crippen molar-refractivity contribution in [3.8, 4) is 17.1 Å². The lowest BCUT2D eigenvalue weighted by Crippen LogP contribution is -2.42. The number of alkyl halides is 2. The Morgan fingerprint density at radius 2 is 2.00 bits per heavy atom. The Labute approximate surface area is 186 Å². The third-order valence-electron chi connectivity index (χ3n) is 5.07. The number of rotatable bonds is 8. The number of likely N-dealkylation sites (N-methyl/N-ethyl adjacent to an activating group) is 1. The molecule has 7 nitrogen and oxygen atoms in total. The van der Waals surface area contributed by atoms with E-state index in [9.17, 15) is 13.6 Å². The molecule has 0 fully saturated rings. The van der Waals surface area contributed by atoms with Crippen LogP contribution in [0.15, 0.2) is 42.9 Å². The molecule has 9 heteroatoms. The van der Waals surface area contributed by atoms with Crippen LogP contribution < -0.4 is 4.74 Å². The number of hydrogen-bond acceptors (Lipinski definition) is 5. The average Bonchev–Trinajstić information content (AvgIpc) is 3.18. The fourth-order valence-corrected chi connectivity index (χ4v) is 3.31. The molecule has 0 spiro atoms. The average molecular weight is 443 g/mol. The number of amides is 1. The number of ether oxygens (including phenoxy) is 1.